The van der Waals surface area contributed by atoms with E-state index in [1.54, 1.807) is 7.11 Å². The fourth-order valence-corrected chi connectivity index (χ4v) is 2.20. The van der Waals surface area contributed by atoms with Crippen LogP contribution in [0, 0.1) is 0 Å². The van der Waals surface area contributed by atoms with Gasteiger partial charge in [-0.25, -0.2) is 4.68 Å². The second-order valence-corrected chi connectivity index (χ2v) is 4.14. The second-order valence-electron chi connectivity index (χ2n) is 4.14. The van der Waals surface area contributed by atoms with Gasteiger partial charge >= 0.3 is 0 Å². The highest BCUT2D eigenvalue weighted by molar-refractivity contribution is 4.88. The third kappa shape index (κ3) is 2.38. The van der Waals surface area contributed by atoms with Crippen LogP contribution in [-0.2, 0) is 11.3 Å². The molecule has 2 rings (SSSR count). The number of nitrogens with zero attached hydrogens (tertiary/aromatic N) is 4. The molecule has 1 heterocycles. The quantitative estimate of drug-likeness (QED) is 0.791. The Morgan fingerprint density at radius 2 is 2.38 bits per heavy atom. The van der Waals surface area contributed by atoms with Gasteiger partial charge in [0.2, 0.25) is 0 Å². The minimum atomic E-state index is 0.362. The molecular formula is C10H19N5O. The maximum Gasteiger partial charge on any atom is 0.165 e. The Morgan fingerprint density at radius 1 is 1.50 bits per heavy atom. The zero-order chi connectivity index (χ0) is 11.4. The van der Waals surface area contributed by atoms with Gasteiger partial charge in [-0.2, -0.15) is 0 Å². The van der Waals surface area contributed by atoms with Gasteiger partial charge in [-0.05, 0) is 36.2 Å². The van der Waals surface area contributed by atoms with Crippen LogP contribution in [0.25, 0.3) is 0 Å². The van der Waals surface area contributed by atoms with Crippen LogP contribution in [0.1, 0.15) is 38.1 Å². The van der Waals surface area contributed by atoms with Crippen molar-refractivity contribution in [1.82, 2.24) is 25.5 Å². The first kappa shape index (κ1) is 11.5. The van der Waals surface area contributed by atoms with E-state index in [2.05, 4.69) is 27.8 Å². The van der Waals surface area contributed by atoms with Crippen molar-refractivity contribution in [3.05, 3.63) is 5.82 Å². The first-order valence-corrected chi connectivity index (χ1v) is 5.85. The number of ether oxygens (including phenoxy) is 1. The number of rotatable bonds is 5. The van der Waals surface area contributed by atoms with Crippen molar-refractivity contribution in [2.45, 2.75) is 44.9 Å². The number of nitrogens with one attached hydrogen (secondary N) is 1. The predicted octanol–water partition coefficient (Wildman–Crippen LogP) is 0.523. The third-order valence-corrected chi connectivity index (χ3v) is 3.13. The molecule has 90 valence electrons. The van der Waals surface area contributed by atoms with E-state index >= 15 is 0 Å². The lowest BCUT2D eigenvalue weighted by atomic mass is 10.2. The topological polar surface area (TPSA) is 64.9 Å². The summed E-state index contributed by atoms with van der Waals surface area (Å²) in [7, 11) is 1.77. The Balaban J connectivity index is 2.00. The van der Waals surface area contributed by atoms with Gasteiger partial charge in [0.05, 0.1) is 18.7 Å². The summed E-state index contributed by atoms with van der Waals surface area (Å²) in [5, 5.41) is 15.1. The van der Waals surface area contributed by atoms with Crippen LogP contribution in [0.3, 0.4) is 0 Å². The summed E-state index contributed by atoms with van der Waals surface area (Å²) in [6.07, 6.45) is 3.58. The molecule has 2 unspecified atom stereocenters. The second kappa shape index (κ2) is 5.36. The Kier molecular flexibility index (Phi) is 3.84. The predicted molar refractivity (Wildman–Crippen MR) is 58.9 cm³/mol. The summed E-state index contributed by atoms with van der Waals surface area (Å²) in [4.78, 5) is 0. The van der Waals surface area contributed by atoms with Gasteiger partial charge in [0.1, 0.15) is 0 Å². The first-order chi connectivity index (χ1) is 7.85. The van der Waals surface area contributed by atoms with Gasteiger partial charge in [-0.1, -0.05) is 6.92 Å². The van der Waals surface area contributed by atoms with E-state index in [1.807, 2.05) is 4.68 Å². The highest BCUT2D eigenvalue weighted by Gasteiger charge is 2.28. The lowest BCUT2D eigenvalue weighted by Crippen LogP contribution is -2.19. The lowest BCUT2D eigenvalue weighted by molar-refractivity contribution is 0.105. The summed E-state index contributed by atoms with van der Waals surface area (Å²) >= 11 is 0. The zero-order valence-corrected chi connectivity index (χ0v) is 9.89. The lowest BCUT2D eigenvalue weighted by Gasteiger charge is -2.12. The van der Waals surface area contributed by atoms with Crippen molar-refractivity contribution in [2.75, 3.05) is 13.7 Å². The van der Waals surface area contributed by atoms with Crippen molar-refractivity contribution >= 4 is 0 Å². The van der Waals surface area contributed by atoms with E-state index in [0.717, 1.165) is 38.2 Å². The van der Waals surface area contributed by atoms with E-state index < -0.39 is 0 Å². The molecule has 1 fully saturated rings. The molecule has 0 bridgehead atoms. The zero-order valence-electron chi connectivity index (χ0n) is 9.89. The molecule has 0 saturated heterocycles. The first-order valence-electron chi connectivity index (χ1n) is 5.85. The molecule has 1 N–H and O–H groups in total. The Labute approximate surface area is 95.4 Å². The van der Waals surface area contributed by atoms with Crippen molar-refractivity contribution in [3.63, 3.8) is 0 Å². The van der Waals surface area contributed by atoms with Crippen LogP contribution in [0.2, 0.25) is 0 Å². The van der Waals surface area contributed by atoms with Crippen molar-refractivity contribution < 1.29 is 4.74 Å². The maximum absolute atomic E-state index is 5.36. The van der Waals surface area contributed by atoms with Gasteiger partial charge in [0.25, 0.3) is 0 Å². The number of tetrazole rings is 1. The molecule has 1 aliphatic carbocycles. The molecule has 16 heavy (non-hydrogen) atoms. The van der Waals surface area contributed by atoms with Gasteiger partial charge in [0, 0.05) is 7.11 Å². The van der Waals surface area contributed by atoms with E-state index in [4.69, 9.17) is 4.74 Å². The van der Waals surface area contributed by atoms with Gasteiger partial charge in [-0.3, -0.25) is 0 Å². The molecule has 1 aromatic rings. The molecule has 1 aliphatic rings. The molecule has 1 aromatic heterocycles. The smallest absolute Gasteiger partial charge is 0.165 e. The van der Waals surface area contributed by atoms with Gasteiger partial charge < -0.3 is 10.1 Å². The molecule has 6 nitrogen and oxygen atoms in total. The standard InChI is InChI=1S/C10H19N5O/c1-3-11-7-10-12-13-14-15(10)8-4-5-9(6-8)16-2/h8-9,11H,3-7H2,1-2H3. The Morgan fingerprint density at radius 3 is 3.06 bits per heavy atom. The van der Waals surface area contributed by atoms with Gasteiger partial charge in [0.15, 0.2) is 5.82 Å². The number of methoxy groups -OCH3 is 1. The van der Waals surface area contributed by atoms with Crippen LogP contribution < -0.4 is 5.32 Å². The number of aromatic nitrogens is 4. The van der Waals surface area contributed by atoms with Crippen LogP contribution in [0.5, 0.6) is 0 Å². The van der Waals surface area contributed by atoms with E-state index in [-0.39, 0.29) is 0 Å². The van der Waals surface area contributed by atoms with Crippen molar-refractivity contribution in [1.29, 1.82) is 0 Å². The Hall–Kier alpha value is -1.01. The van der Waals surface area contributed by atoms with Gasteiger partial charge in [-0.15, -0.1) is 5.10 Å². The van der Waals surface area contributed by atoms with Crippen LogP contribution in [-0.4, -0.2) is 40.0 Å². The molecule has 2 atom stereocenters. The molecular weight excluding hydrogens is 206 g/mol. The molecule has 1 saturated carbocycles. The van der Waals surface area contributed by atoms with E-state index in [1.165, 1.54) is 0 Å². The maximum atomic E-state index is 5.36. The molecule has 0 radical (unpaired) electrons. The molecule has 0 aliphatic heterocycles. The molecule has 0 spiro atoms. The molecule has 0 aromatic carbocycles. The molecule has 0 amide bonds. The fraction of sp³-hybridized carbons (Fsp3) is 0.900. The molecule has 6 heteroatoms. The fourth-order valence-electron chi connectivity index (χ4n) is 2.20. The summed E-state index contributed by atoms with van der Waals surface area (Å²) in [6.45, 7) is 3.74. The van der Waals surface area contributed by atoms with Crippen molar-refractivity contribution in [3.8, 4) is 0 Å². The largest absolute Gasteiger partial charge is 0.381 e. The minimum Gasteiger partial charge on any atom is -0.381 e. The van der Waals surface area contributed by atoms with E-state index in [0.29, 0.717) is 12.1 Å². The Bertz CT molecular complexity index is 327. The summed E-state index contributed by atoms with van der Waals surface area (Å²) in [5.41, 5.74) is 0. The number of hydrogen-bond donors (Lipinski definition) is 1. The summed E-state index contributed by atoms with van der Waals surface area (Å²) in [5.74, 6) is 0.920. The highest BCUT2D eigenvalue weighted by atomic mass is 16.5. The minimum absolute atomic E-state index is 0.362. The summed E-state index contributed by atoms with van der Waals surface area (Å²) < 4.78 is 7.31. The monoisotopic (exact) mass is 225 g/mol. The number of hydrogen-bond acceptors (Lipinski definition) is 5. The van der Waals surface area contributed by atoms with Crippen molar-refractivity contribution in [2.24, 2.45) is 0 Å². The third-order valence-electron chi connectivity index (χ3n) is 3.13. The van der Waals surface area contributed by atoms with Crippen LogP contribution in [0.4, 0.5) is 0 Å². The average Bonchev–Trinajstić information content (AvgIpc) is 2.94. The average molecular weight is 225 g/mol. The normalized spacial score (nSPS) is 25.1. The van der Waals surface area contributed by atoms with Crippen LogP contribution >= 0.6 is 0 Å². The SMILES string of the molecule is CCNCc1nnnn1C1CCC(OC)C1. The van der Waals surface area contributed by atoms with Crippen LogP contribution in [0.15, 0.2) is 0 Å². The summed E-state index contributed by atoms with van der Waals surface area (Å²) in [6, 6.07) is 0.397. The van der Waals surface area contributed by atoms with E-state index in [9.17, 15) is 0 Å². The highest BCUT2D eigenvalue weighted by Crippen LogP contribution is 2.31.